The van der Waals surface area contributed by atoms with Gasteiger partial charge in [-0.05, 0) is 55.7 Å². The van der Waals surface area contributed by atoms with Crippen LogP contribution < -0.4 is 20.1 Å². The van der Waals surface area contributed by atoms with E-state index < -0.39 is 17.6 Å². The first-order valence-corrected chi connectivity index (χ1v) is 10.8. The first-order valence-electron chi connectivity index (χ1n) is 10.8. The van der Waals surface area contributed by atoms with Gasteiger partial charge >= 0.3 is 0 Å². The number of carbonyl (C=O) groups excluding carboxylic acids is 2. The molecule has 0 saturated heterocycles. The van der Waals surface area contributed by atoms with Gasteiger partial charge in [0.05, 0.1) is 24.9 Å². The Hall–Kier alpha value is -3.39. The summed E-state index contributed by atoms with van der Waals surface area (Å²) in [6, 6.07) is 10.9. The van der Waals surface area contributed by atoms with Crippen molar-refractivity contribution >= 4 is 17.9 Å². The van der Waals surface area contributed by atoms with Crippen LogP contribution in [-0.2, 0) is 4.79 Å². The molecule has 8 heteroatoms. The number of hydrogen-bond acceptors (Lipinski definition) is 5. The summed E-state index contributed by atoms with van der Waals surface area (Å²) >= 11 is 0. The van der Waals surface area contributed by atoms with Crippen molar-refractivity contribution in [3.05, 3.63) is 65.1 Å². The second kappa shape index (κ2) is 12.6. The van der Waals surface area contributed by atoms with Crippen LogP contribution in [0.15, 0.2) is 48.2 Å². The van der Waals surface area contributed by atoms with Crippen molar-refractivity contribution in [3.8, 4) is 11.5 Å². The number of aliphatic hydroxyl groups is 1. The number of amides is 2. The number of nitrogens with one attached hydrogen (secondary N) is 2. The van der Waals surface area contributed by atoms with E-state index in [1.807, 2.05) is 27.7 Å². The Morgan fingerprint density at radius 2 is 1.73 bits per heavy atom. The number of hydrogen-bond donors (Lipinski definition) is 3. The van der Waals surface area contributed by atoms with Crippen LogP contribution in [0.4, 0.5) is 4.39 Å². The monoisotopic (exact) mass is 458 g/mol. The zero-order valence-electron chi connectivity index (χ0n) is 19.4. The van der Waals surface area contributed by atoms with E-state index in [0.29, 0.717) is 23.7 Å². The Morgan fingerprint density at radius 1 is 1.06 bits per heavy atom. The maximum Gasteiger partial charge on any atom is 0.267 e. The molecule has 178 valence electrons. The van der Waals surface area contributed by atoms with Crippen molar-refractivity contribution < 1.29 is 28.6 Å². The lowest BCUT2D eigenvalue weighted by Gasteiger charge is -2.13. The molecule has 0 unspecified atom stereocenters. The average molecular weight is 459 g/mol. The number of carbonyl (C=O) groups is 2. The summed E-state index contributed by atoms with van der Waals surface area (Å²) in [5.74, 6) is -0.909. The highest BCUT2D eigenvalue weighted by Gasteiger charge is 2.18. The number of aliphatic hydroxyl groups excluding tert-OH is 1. The van der Waals surface area contributed by atoms with E-state index >= 15 is 0 Å². The smallest absolute Gasteiger partial charge is 0.267 e. The van der Waals surface area contributed by atoms with Crippen molar-refractivity contribution in [3.63, 3.8) is 0 Å². The van der Waals surface area contributed by atoms with Crippen molar-refractivity contribution in [1.82, 2.24) is 10.6 Å². The quantitative estimate of drug-likeness (QED) is 0.448. The molecular weight excluding hydrogens is 427 g/mol. The molecular formula is C25H31FN2O5. The van der Waals surface area contributed by atoms with Crippen LogP contribution in [0.2, 0.25) is 0 Å². The van der Waals surface area contributed by atoms with Gasteiger partial charge in [-0.2, -0.15) is 0 Å². The van der Waals surface area contributed by atoms with Gasteiger partial charge in [-0.15, -0.1) is 0 Å². The predicted molar refractivity (Wildman–Crippen MR) is 124 cm³/mol. The lowest BCUT2D eigenvalue weighted by atomic mass is 10.1. The molecule has 0 bridgehead atoms. The maximum atomic E-state index is 14.5. The molecule has 7 nitrogen and oxygen atoms in total. The minimum atomic E-state index is -0.784. The van der Waals surface area contributed by atoms with Gasteiger partial charge in [-0.1, -0.05) is 26.0 Å². The van der Waals surface area contributed by atoms with Gasteiger partial charge < -0.3 is 25.2 Å². The summed E-state index contributed by atoms with van der Waals surface area (Å²) in [5, 5.41) is 13.9. The van der Waals surface area contributed by atoms with Crippen LogP contribution in [0.1, 0.15) is 43.6 Å². The summed E-state index contributed by atoms with van der Waals surface area (Å²) in [6.45, 7) is 7.93. The normalized spacial score (nSPS) is 11.5. The van der Waals surface area contributed by atoms with Crippen molar-refractivity contribution in [2.45, 2.75) is 33.8 Å². The largest absolute Gasteiger partial charge is 0.493 e. The summed E-state index contributed by atoms with van der Waals surface area (Å²) in [6.07, 6.45) is 1.48. The molecule has 2 rings (SSSR count). The first kappa shape index (κ1) is 25.9. The Morgan fingerprint density at radius 3 is 2.30 bits per heavy atom. The average Bonchev–Trinajstić information content (AvgIpc) is 2.76. The number of rotatable bonds is 11. The van der Waals surface area contributed by atoms with Crippen LogP contribution >= 0.6 is 0 Å². The highest BCUT2D eigenvalue weighted by atomic mass is 19.1. The third-order valence-corrected chi connectivity index (χ3v) is 4.22. The van der Waals surface area contributed by atoms with E-state index in [9.17, 15) is 14.0 Å². The van der Waals surface area contributed by atoms with E-state index in [0.717, 1.165) is 6.07 Å². The molecule has 0 aliphatic carbocycles. The zero-order chi connectivity index (χ0) is 24.4. The Labute approximate surface area is 193 Å². The lowest BCUT2D eigenvalue weighted by molar-refractivity contribution is -0.117. The predicted octanol–water partition coefficient (Wildman–Crippen LogP) is 3.53. The molecule has 0 spiro atoms. The van der Waals surface area contributed by atoms with Gasteiger partial charge in [0, 0.05) is 12.6 Å². The molecule has 0 aromatic heterocycles. The SMILES string of the molecule is CC(C)COc1ccc(C(=O)N/C(=C\c2ccc(OC(C)C)cc2)C(=O)NCCO)c(F)c1. The van der Waals surface area contributed by atoms with Crippen LogP contribution in [0.3, 0.4) is 0 Å². The van der Waals surface area contributed by atoms with Gasteiger partial charge in [0.1, 0.15) is 23.0 Å². The van der Waals surface area contributed by atoms with Gasteiger partial charge in [0.15, 0.2) is 0 Å². The topological polar surface area (TPSA) is 96.9 Å². The molecule has 0 fully saturated rings. The van der Waals surface area contributed by atoms with Crippen LogP contribution in [0, 0.1) is 11.7 Å². The fraction of sp³-hybridized carbons (Fsp3) is 0.360. The fourth-order valence-corrected chi connectivity index (χ4v) is 2.73. The summed E-state index contributed by atoms with van der Waals surface area (Å²) < 4.78 is 25.6. The molecule has 2 aromatic rings. The van der Waals surface area contributed by atoms with Crippen molar-refractivity contribution in [2.24, 2.45) is 5.92 Å². The Balaban J connectivity index is 2.23. The third-order valence-electron chi connectivity index (χ3n) is 4.22. The summed E-state index contributed by atoms with van der Waals surface area (Å²) in [4.78, 5) is 25.2. The number of benzene rings is 2. The van der Waals surface area contributed by atoms with E-state index in [2.05, 4.69) is 10.6 Å². The van der Waals surface area contributed by atoms with Crippen molar-refractivity contribution in [2.75, 3.05) is 19.8 Å². The minimum absolute atomic E-state index is 0.00343. The van der Waals surface area contributed by atoms with Crippen LogP contribution in [-0.4, -0.2) is 42.8 Å². The zero-order valence-corrected chi connectivity index (χ0v) is 19.4. The highest BCUT2D eigenvalue weighted by Crippen LogP contribution is 2.19. The van der Waals surface area contributed by atoms with Crippen LogP contribution in [0.5, 0.6) is 11.5 Å². The molecule has 3 N–H and O–H groups in total. The van der Waals surface area contributed by atoms with Gasteiger partial charge in [0.2, 0.25) is 0 Å². The third kappa shape index (κ3) is 8.57. The lowest BCUT2D eigenvalue weighted by Crippen LogP contribution is -2.36. The van der Waals surface area contributed by atoms with E-state index in [-0.39, 0.29) is 36.4 Å². The fourth-order valence-electron chi connectivity index (χ4n) is 2.73. The van der Waals surface area contributed by atoms with Crippen LogP contribution in [0.25, 0.3) is 6.08 Å². The second-order valence-corrected chi connectivity index (χ2v) is 8.07. The molecule has 33 heavy (non-hydrogen) atoms. The molecule has 0 saturated carbocycles. The molecule has 0 radical (unpaired) electrons. The molecule has 0 aliphatic heterocycles. The molecule has 2 aromatic carbocycles. The Bertz CT molecular complexity index is 971. The molecule has 0 atom stereocenters. The first-order chi connectivity index (χ1) is 15.7. The second-order valence-electron chi connectivity index (χ2n) is 8.07. The van der Waals surface area contributed by atoms with Gasteiger partial charge in [-0.25, -0.2) is 4.39 Å². The van der Waals surface area contributed by atoms with Gasteiger partial charge in [0.25, 0.3) is 11.8 Å². The Kier molecular flexibility index (Phi) is 9.87. The molecule has 0 aliphatic rings. The highest BCUT2D eigenvalue weighted by molar-refractivity contribution is 6.05. The summed E-state index contributed by atoms with van der Waals surface area (Å²) in [7, 11) is 0. The number of ether oxygens (including phenoxy) is 2. The number of halogens is 1. The van der Waals surface area contributed by atoms with E-state index in [4.69, 9.17) is 14.6 Å². The van der Waals surface area contributed by atoms with Crippen molar-refractivity contribution in [1.29, 1.82) is 0 Å². The molecule has 0 heterocycles. The van der Waals surface area contributed by atoms with Gasteiger partial charge in [-0.3, -0.25) is 9.59 Å². The van der Waals surface area contributed by atoms with E-state index in [1.165, 1.54) is 18.2 Å². The van der Waals surface area contributed by atoms with E-state index in [1.54, 1.807) is 24.3 Å². The summed E-state index contributed by atoms with van der Waals surface area (Å²) in [5.41, 5.74) is 0.303. The molecule has 2 amide bonds. The standard InChI is InChI=1S/C25H31FN2O5/c1-16(2)15-32-20-9-10-21(22(26)14-20)24(30)28-23(25(31)27-11-12-29)13-18-5-7-19(8-6-18)33-17(3)4/h5-10,13-14,16-17,29H,11-12,15H2,1-4H3,(H,27,31)(H,28,30)/b23-13-. The maximum absolute atomic E-state index is 14.5. The minimum Gasteiger partial charge on any atom is -0.493 e.